The average Bonchev–Trinajstić information content (AvgIpc) is 3.39. The SMILES string of the molecule is CCNC(=O)OC[C@@]12CCOc3nc(-c4nn(Cc5ccccc5F)c5ncc(F)cc45)nc(c31)NC2=O. The average molecular weight is 521 g/mol. The summed E-state index contributed by atoms with van der Waals surface area (Å²) in [5.74, 6) is -1.02. The van der Waals surface area contributed by atoms with E-state index in [1.54, 1.807) is 25.1 Å². The summed E-state index contributed by atoms with van der Waals surface area (Å²) in [6.07, 6.45) is 0.664. The van der Waals surface area contributed by atoms with Crippen LogP contribution in [0.15, 0.2) is 36.5 Å². The van der Waals surface area contributed by atoms with Crippen molar-refractivity contribution < 1.29 is 27.8 Å². The topological polar surface area (TPSA) is 133 Å². The highest BCUT2D eigenvalue weighted by molar-refractivity contribution is 6.07. The fourth-order valence-corrected chi connectivity index (χ4v) is 4.76. The highest BCUT2D eigenvalue weighted by Gasteiger charge is 2.54. The molecule has 0 saturated heterocycles. The molecule has 2 amide bonds. The van der Waals surface area contributed by atoms with Gasteiger partial charge in [0.05, 0.1) is 30.3 Å². The number of fused-ring (bicyclic) bond motifs is 1. The molecule has 2 aliphatic heterocycles. The lowest BCUT2D eigenvalue weighted by molar-refractivity contribution is -0.123. The second kappa shape index (κ2) is 9.01. The zero-order valence-corrected chi connectivity index (χ0v) is 20.1. The van der Waals surface area contributed by atoms with Crippen LogP contribution in [0.1, 0.15) is 24.5 Å². The molecule has 2 aliphatic rings. The first kappa shape index (κ1) is 23.7. The van der Waals surface area contributed by atoms with Crippen molar-refractivity contribution in [1.29, 1.82) is 0 Å². The van der Waals surface area contributed by atoms with Crippen LogP contribution in [0, 0.1) is 11.6 Å². The number of benzene rings is 1. The number of carbonyl (C=O) groups is 2. The largest absolute Gasteiger partial charge is 0.477 e. The summed E-state index contributed by atoms with van der Waals surface area (Å²) >= 11 is 0. The van der Waals surface area contributed by atoms with E-state index in [9.17, 15) is 18.4 Å². The maximum atomic E-state index is 14.4. The highest BCUT2D eigenvalue weighted by Crippen LogP contribution is 2.48. The fourth-order valence-electron chi connectivity index (χ4n) is 4.76. The highest BCUT2D eigenvalue weighted by atomic mass is 19.1. The van der Waals surface area contributed by atoms with Crippen molar-refractivity contribution in [3.05, 3.63) is 59.3 Å². The van der Waals surface area contributed by atoms with Crippen molar-refractivity contribution in [1.82, 2.24) is 30.0 Å². The van der Waals surface area contributed by atoms with Crippen LogP contribution in [-0.2, 0) is 21.5 Å². The molecule has 0 unspecified atom stereocenters. The predicted octanol–water partition coefficient (Wildman–Crippen LogP) is 2.93. The van der Waals surface area contributed by atoms with Crippen LogP contribution < -0.4 is 15.4 Å². The van der Waals surface area contributed by atoms with Gasteiger partial charge in [-0.3, -0.25) is 4.79 Å². The van der Waals surface area contributed by atoms with Crippen LogP contribution in [0.2, 0.25) is 0 Å². The van der Waals surface area contributed by atoms with Gasteiger partial charge in [-0.1, -0.05) is 18.2 Å². The third-order valence-corrected chi connectivity index (χ3v) is 6.60. The van der Waals surface area contributed by atoms with Crippen molar-refractivity contribution in [2.24, 2.45) is 0 Å². The molecule has 0 saturated carbocycles. The third-order valence-electron chi connectivity index (χ3n) is 6.60. The van der Waals surface area contributed by atoms with Crippen molar-refractivity contribution in [2.75, 3.05) is 25.1 Å². The number of alkyl carbamates (subject to hydrolysis) is 1. The molecule has 13 heteroatoms. The molecule has 1 aromatic carbocycles. The number of carbonyl (C=O) groups excluding carboxylic acids is 2. The van der Waals surface area contributed by atoms with Crippen molar-refractivity contribution in [2.45, 2.75) is 25.3 Å². The maximum absolute atomic E-state index is 14.4. The van der Waals surface area contributed by atoms with Gasteiger partial charge in [-0.15, -0.1) is 0 Å². The molecular weight excluding hydrogens is 500 g/mol. The minimum Gasteiger partial charge on any atom is -0.477 e. The minimum absolute atomic E-state index is 0.0348. The number of aromatic nitrogens is 5. The predicted molar refractivity (Wildman–Crippen MR) is 129 cm³/mol. The molecule has 0 radical (unpaired) electrons. The van der Waals surface area contributed by atoms with Gasteiger partial charge < -0.3 is 20.1 Å². The molecule has 0 spiro atoms. The van der Waals surface area contributed by atoms with Crippen LogP contribution >= 0.6 is 0 Å². The summed E-state index contributed by atoms with van der Waals surface area (Å²) in [6.45, 7) is 2.09. The number of hydrogen-bond donors (Lipinski definition) is 2. The Kier molecular flexibility index (Phi) is 5.62. The van der Waals surface area contributed by atoms with Crippen LogP contribution in [0.25, 0.3) is 22.6 Å². The summed E-state index contributed by atoms with van der Waals surface area (Å²) in [5, 5.41) is 10.1. The Morgan fingerprint density at radius 2 is 2.13 bits per heavy atom. The summed E-state index contributed by atoms with van der Waals surface area (Å²) < 4.78 is 41.1. The molecule has 6 rings (SSSR count). The Labute approximate surface area is 214 Å². The van der Waals surface area contributed by atoms with Gasteiger partial charge in [0.15, 0.2) is 11.5 Å². The smallest absolute Gasteiger partial charge is 0.407 e. The first-order valence-corrected chi connectivity index (χ1v) is 11.9. The molecule has 11 nitrogen and oxygen atoms in total. The van der Waals surface area contributed by atoms with Crippen molar-refractivity contribution in [3.8, 4) is 17.4 Å². The number of nitrogens with one attached hydrogen (secondary N) is 2. The summed E-state index contributed by atoms with van der Waals surface area (Å²) in [4.78, 5) is 38.2. The van der Waals surface area contributed by atoms with Crippen molar-refractivity contribution in [3.63, 3.8) is 0 Å². The molecule has 38 heavy (non-hydrogen) atoms. The van der Waals surface area contributed by atoms with E-state index in [1.165, 1.54) is 16.8 Å². The Morgan fingerprint density at radius 1 is 1.29 bits per heavy atom. The van der Waals surface area contributed by atoms with Gasteiger partial charge in [-0.2, -0.15) is 10.1 Å². The molecule has 4 aromatic rings. The summed E-state index contributed by atoms with van der Waals surface area (Å²) in [5.41, 5.74) is 0.0408. The van der Waals surface area contributed by atoms with Crippen LogP contribution in [0.3, 0.4) is 0 Å². The Balaban J connectivity index is 1.44. The van der Waals surface area contributed by atoms with Gasteiger partial charge in [0.2, 0.25) is 11.8 Å². The van der Waals surface area contributed by atoms with E-state index in [0.29, 0.717) is 28.7 Å². The van der Waals surface area contributed by atoms with Crippen LogP contribution in [0.5, 0.6) is 5.88 Å². The molecule has 1 atom stereocenters. The minimum atomic E-state index is -1.20. The quantitative estimate of drug-likeness (QED) is 0.396. The molecule has 0 fully saturated rings. The van der Waals surface area contributed by atoms with E-state index in [2.05, 4.69) is 30.7 Å². The zero-order chi connectivity index (χ0) is 26.4. The first-order valence-electron chi connectivity index (χ1n) is 11.9. The summed E-state index contributed by atoms with van der Waals surface area (Å²) in [7, 11) is 0. The first-order chi connectivity index (χ1) is 18.4. The van der Waals surface area contributed by atoms with E-state index in [1.807, 2.05) is 0 Å². The van der Waals surface area contributed by atoms with E-state index < -0.39 is 29.0 Å². The Bertz CT molecular complexity index is 1610. The number of ether oxygens (including phenoxy) is 2. The second-order valence-electron chi connectivity index (χ2n) is 8.94. The Hall–Kier alpha value is -4.68. The molecule has 2 N–H and O–H groups in total. The molecule has 0 bridgehead atoms. The van der Waals surface area contributed by atoms with Crippen LogP contribution in [-0.4, -0.2) is 56.5 Å². The number of halogens is 2. The maximum Gasteiger partial charge on any atom is 0.407 e. The van der Waals surface area contributed by atoms with Gasteiger partial charge in [-0.05, 0) is 19.1 Å². The second-order valence-corrected chi connectivity index (χ2v) is 8.94. The fraction of sp³-hybridized carbons (Fsp3) is 0.280. The number of amides is 2. The van der Waals surface area contributed by atoms with Crippen molar-refractivity contribution >= 4 is 28.9 Å². The molecule has 5 heterocycles. The lowest BCUT2D eigenvalue weighted by Crippen LogP contribution is -2.44. The van der Waals surface area contributed by atoms with E-state index >= 15 is 0 Å². The number of rotatable bonds is 6. The van der Waals surface area contributed by atoms with Crippen LogP contribution in [0.4, 0.5) is 19.4 Å². The van der Waals surface area contributed by atoms with Gasteiger partial charge in [0.1, 0.15) is 35.2 Å². The zero-order valence-electron chi connectivity index (χ0n) is 20.1. The van der Waals surface area contributed by atoms with Gasteiger partial charge >= 0.3 is 6.09 Å². The normalized spacial score (nSPS) is 17.6. The molecule has 0 aliphatic carbocycles. The number of nitrogens with zero attached hydrogens (tertiary/aromatic N) is 5. The number of pyridine rings is 1. The van der Waals surface area contributed by atoms with E-state index in [4.69, 9.17) is 9.47 Å². The number of hydrogen-bond acceptors (Lipinski definition) is 8. The summed E-state index contributed by atoms with van der Waals surface area (Å²) in [6, 6.07) is 7.49. The lowest BCUT2D eigenvalue weighted by atomic mass is 9.79. The standard InChI is InChI=1S/C25H21F2N7O4/c1-2-28-24(36)38-12-25-7-8-37-22-17(25)19(32-23(25)35)30-20(31-22)18-15-9-14(26)10-29-21(15)34(33-18)11-13-5-3-4-6-16(13)27/h3-6,9-10H,2,7-8,11-12H2,1H3,(H,28,36)(H,30,31,32,35)/t25-/m0/s1. The lowest BCUT2D eigenvalue weighted by Gasteiger charge is -2.31. The van der Waals surface area contributed by atoms with Gasteiger partial charge in [0, 0.05) is 18.5 Å². The van der Waals surface area contributed by atoms with Gasteiger partial charge in [0.25, 0.3) is 0 Å². The van der Waals surface area contributed by atoms with E-state index in [0.717, 1.165) is 6.20 Å². The monoisotopic (exact) mass is 521 g/mol. The third kappa shape index (κ3) is 3.78. The molecule has 3 aromatic heterocycles. The van der Waals surface area contributed by atoms with Gasteiger partial charge in [-0.25, -0.2) is 28.2 Å². The molecule has 194 valence electrons. The Morgan fingerprint density at radius 3 is 2.95 bits per heavy atom. The molecular formula is C25H21F2N7O4. The van der Waals surface area contributed by atoms with E-state index in [-0.39, 0.29) is 49.4 Å². The number of anilines is 1.